The molecule has 0 aliphatic heterocycles. The van der Waals surface area contributed by atoms with Gasteiger partial charge < -0.3 is 20.5 Å². The van der Waals surface area contributed by atoms with Gasteiger partial charge in [0.05, 0.1) is 24.3 Å². The zero-order chi connectivity index (χ0) is 15.6. The number of amides is 1. The Balaban J connectivity index is 2.34. The molecule has 0 aliphatic carbocycles. The molecule has 114 valence electrons. The van der Waals surface area contributed by atoms with Gasteiger partial charge in [0.2, 0.25) is 0 Å². The van der Waals surface area contributed by atoms with Crippen molar-refractivity contribution in [3.05, 3.63) is 23.1 Å². The summed E-state index contributed by atoms with van der Waals surface area (Å²) in [5.41, 5.74) is 6.60. The lowest BCUT2D eigenvalue weighted by atomic mass is 10.2. The Bertz CT molecular complexity index is 652. The van der Waals surface area contributed by atoms with Crippen molar-refractivity contribution in [1.82, 2.24) is 4.90 Å². The number of rotatable bonds is 5. The van der Waals surface area contributed by atoms with Crippen molar-refractivity contribution < 1.29 is 14.6 Å². The first-order valence-corrected chi connectivity index (χ1v) is 7.55. The first kappa shape index (κ1) is 15.6. The highest BCUT2D eigenvalue weighted by atomic mass is 32.1. The number of nitrogens with two attached hydrogens (primary N) is 1. The van der Waals surface area contributed by atoms with Crippen LogP contribution < -0.4 is 10.5 Å². The number of nitrogen functional groups attached to an aromatic ring is 1. The highest BCUT2D eigenvalue weighted by molar-refractivity contribution is 7.21. The van der Waals surface area contributed by atoms with Gasteiger partial charge in [-0.05, 0) is 25.5 Å². The van der Waals surface area contributed by atoms with Crippen LogP contribution in [-0.2, 0) is 0 Å². The molecule has 6 heteroatoms. The highest BCUT2D eigenvalue weighted by Gasteiger charge is 2.21. The van der Waals surface area contributed by atoms with Crippen molar-refractivity contribution >= 4 is 33.0 Å². The second-order valence-corrected chi connectivity index (χ2v) is 6.09. The molecule has 1 aromatic heterocycles. The number of carbonyl (C=O) groups is 1. The van der Waals surface area contributed by atoms with E-state index in [-0.39, 0.29) is 5.91 Å². The van der Waals surface area contributed by atoms with E-state index >= 15 is 0 Å². The Hall–Kier alpha value is -1.79. The SMILES string of the molecule is COc1cccc2sc(C(=O)N(C)CCC(C)O)c(N)c12. The maximum Gasteiger partial charge on any atom is 0.265 e. The number of aliphatic hydroxyl groups is 1. The molecule has 2 aromatic rings. The topological polar surface area (TPSA) is 75.8 Å². The number of ether oxygens (including phenoxy) is 1. The fourth-order valence-electron chi connectivity index (χ4n) is 2.12. The molecule has 3 N–H and O–H groups in total. The molecule has 2 rings (SSSR count). The van der Waals surface area contributed by atoms with Crippen LogP contribution in [0.25, 0.3) is 10.1 Å². The monoisotopic (exact) mass is 308 g/mol. The van der Waals surface area contributed by atoms with Gasteiger partial charge in [-0.3, -0.25) is 4.79 Å². The molecule has 0 saturated carbocycles. The van der Waals surface area contributed by atoms with Gasteiger partial charge in [-0.25, -0.2) is 0 Å². The summed E-state index contributed by atoms with van der Waals surface area (Å²) in [5, 5.41) is 10.1. The van der Waals surface area contributed by atoms with E-state index in [0.717, 1.165) is 10.1 Å². The van der Waals surface area contributed by atoms with Gasteiger partial charge in [0.15, 0.2) is 0 Å². The number of aliphatic hydroxyl groups excluding tert-OH is 1. The van der Waals surface area contributed by atoms with Gasteiger partial charge in [-0.1, -0.05) is 6.07 Å². The van der Waals surface area contributed by atoms with Crippen molar-refractivity contribution in [1.29, 1.82) is 0 Å². The summed E-state index contributed by atoms with van der Waals surface area (Å²) < 4.78 is 6.24. The number of fused-ring (bicyclic) bond motifs is 1. The second kappa shape index (κ2) is 6.32. The highest BCUT2D eigenvalue weighted by Crippen LogP contribution is 2.39. The Morgan fingerprint density at radius 2 is 2.24 bits per heavy atom. The van der Waals surface area contributed by atoms with E-state index in [1.54, 1.807) is 26.0 Å². The van der Waals surface area contributed by atoms with E-state index < -0.39 is 6.10 Å². The van der Waals surface area contributed by atoms with Crippen LogP contribution in [-0.4, -0.2) is 42.7 Å². The van der Waals surface area contributed by atoms with Gasteiger partial charge >= 0.3 is 0 Å². The molecule has 0 bridgehead atoms. The van der Waals surface area contributed by atoms with E-state index in [1.165, 1.54) is 11.3 Å². The average Bonchev–Trinajstić information content (AvgIpc) is 2.81. The lowest BCUT2D eigenvalue weighted by Crippen LogP contribution is -2.29. The Morgan fingerprint density at radius 3 is 2.86 bits per heavy atom. The van der Waals surface area contributed by atoms with E-state index in [0.29, 0.717) is 29.3 Å². The van der Waals surface area contributed by atoms with Crippen LogP contribution in [0.3, 0.4) is 0 Å². The Morgan fingerprint density at radius 1 is 1.52 bits per heavy atom. The van der Waals surface area contributed by atoms with Crippen LogP contribution in [0, 0.1) is 0 Å². The number of benzene rings is 1. The molecule has 0 aliphatic rings. The predicted molar refractivity (Wildman–Crippen MR) is 86.0 cm³/mol. The number of methoxy groups -OCH3 is 1. The summed E-state index contributed by atoms with van der Waals surface area (Å²) in [6.07, 6.45) is 0.108. The molecule has 1 heterocycles. The lowest BCUT2D eigenvalue weighted by molar-refractivity contribution is 0.0774. The molecule has 0 radical (unpaired) electrons. The first-order chi connectivity index (χ1) is 9.95. The van der Waals surface area contributed by atoms with Crippen molar-refractivity contribution in [3.8, 4) is 5.75 Å². The lowest BCUT2D eigenvalue weighted by Gasteiger charge is -2.17. The largest absolute Gasteiger partial charge is 0.496 e. The Kier molecular flexibility index (Phi) is 4.69. The van der Waals surface area contributed by atoms with Crippen LogP contribution in [0.15, 0.2) is 18.2 Å². The van der Waals surface area contributed by atoms with Gasteiger partial charge in [0, 0.05) is 18.3 Å². The first-order valence-electron chi connectivity index (χ1n) is 6.74. The van der Waals surface area contributed by atoms with Crippen molar-refractivity contribution in [2.24, 2.45) is 0 Å². The zero-order valence-corrected chi connectivity index (χ0v) is 13.2. The number of hydrogen-bond acceptors (Lipinski definition) is 5. The third-order valence-electron chi connectivity index (χ3n) is 3.36. The minimum Gasteiger partial charge on any atom is -0.496 e. The number of nitrogens with zero attached hydrogens (tertiary/aromatic N) is 1. The second-order valence-electron chi connectivity index (χ2n) is 5.04. The molecular weight excluding hydrogens is 288 g/mol. The van der Waals surface area contributed by atoms with Crippen LogP contribution in [0.2, 0.25) is 0 Å². The molecule has 1 amide bonds. The molecular formula is C15H20N2O3S. The molecule has 5 nitrogen and oxygen atoms in total. The van der Waals surface area contributed by atoms with Crippen LogP contribution >= 0.6 is 11.3 Å². The molecule has 0 fully saturated rings. The van der Waals surface area contributed by atoms with Crippen molar-refractivity contribution in [3.63, 3.8) is 0 Å². The van der Waals surface area contributed by atoms with E-state index in [1.807, 2.05) is 18.2 Å². The van der Waals surface area contributed by atoms with E-state index in [4.69, 9.17) is 10.5 Å². The smallest absolute Gasteiger partial charge is 0.265 e. The number of anilines is 1. The molecule has 21 heavy (non-hydrogen) atoms. The van der Waals surface area contributed by atoms with Crippen molar-refractivity contribution in [2.75, 3.05) is 26.4 Å². The maximum absolute atomic E-state index is 12.5. The minimum absolute atomic E-state index is 0.128. The zero-order valence-electron chi connectivity index (χ0n) is 12.4. The summed E-state index contributed by atoms with van der Waals surface area (Å²) in [6.45, 7) is 2.19. The van der Waals surface area contributed by atoms with Crippen LogP contribution in [0.5, 0.6) is 5.75 Å². The summed E-state index contributed by atoms with van der Waals surface area (Å²) >= 11 is 1.37. The van der Waals surface area contributed by atoms with E-state index in [2.05, 4.69) is 0 Å². The molecule has 1 atom stereocenters. The molecule has 0 saturated heterocycles. The standard InChI is InChI=1S/C15H20N2O3S/c1-9(18)7-8-17(2)15(19)14-13(16)12-10(20-3)5-4-6-11(12)21-14/h4-6,9,18H,7-8,16H2,1-3H3. The number of thiophene rings is 1. The van der Waals surface area contributed by atoms with Gasteiger partial charge in [0.1, 0.15) is 10.6 Å². The van der Waals surface area contributed by atoms with Gasteiger partial charge in [-0.15, -0.1) is 11.3 Å². The minimum atomic E-state index is -0.430. The Labute approximate surface area is 127 Å². The fourth-order valence-corrected chi connectivity index (χ4v) is 3.26. The van der Waals surface area contributed by atoms with Crippen LogP contribution in [0.1, 0.15) is 23.0 Å². The molecule has 0 spiro atoms. The average molecular weight is 308 g/mol. The normalized spacial score (nSPS) is 12.4. The third kappa shape index (κ3) is 3.11. The number of hydrogen-bond donors (Lipinski definition) is 2. The van der Waals surface area contributed by atoms with E-state index in [9.17, 15) is 9.90 Å². The summed E-state index contributed by atoms with van der Waals surface area (Å²) in [6, 6.07) is 5.63. The third-order valence-corrected chi connectivity index (χ3v) is 4.52. The fraction of sp³-hybridized carbons (Fsp3) is 0.400. The maximum atomic E-state index is 12.5. The predicted octanol–water partition coefficient (Wildman–Crippen LogP) is 2.34. The summed E-state index contributed by atoms with van der Waals surface area (Å²) in [7, 11) is 3.30. The van der Waals surface area contributed by atoms with Crippen LogP contribution in [0.4, 0.5) is 5.69 Å². The number of carbonyl (C=O) groups excluding carboxylic acids is 1. The van der Waals surface area contributed by atoms with Gasteiger partial charge in [0.25, 0.3) is 5.91 Å². The summed E-state index contributed by atoms with van der Waals surface area (Å²) in [4.78, 5) is 14.6. The molecule has 1 unspecified atom stereocenters. The molecule has 1 aromatic carbocycles. The van der Waals surface area contributed by atoms with Gasteiger partial charge in [-0.2, -0.15) is 0 Å². The quantitative estimate of drug-likeness (QED) is 0.889. The summed E-state index contributed by atoms with van der Waals surface area (Å²) in [5.74, 6) is 0.545. The van der Waals surface area contributed by atoms with Crippen molar-refractivity contribution in [2.45, 2.75) is 19.4 Å².